The van der Waals surface area contributed by atoms with Crippen LogP contribution in [0.5, 0.6) is 0 Å². The molecule has 1 aliphatic carbocycles. The molecule has 1 fully saturated rings. The van der Waals surface area contributed by atoms with Gasteiger partial charge in [0, 0.05) is 0 Å². The first kappa shape index (κ1) is 7.20. The fourth-order valence-electron chi connectivity index (χ4n) is 1.19. The summed E-state index contributed by atoms with van der Waals surface area (Å²) >= 11 is 4.74. The van der Waals surface area contributed by atoms with Crippen LogP contribution in [-0.4, -0.2) is 33.0 Å². The van der Waals surface area contributed by atoms with Gasteiger partial charge in [-0.05, 0) is 0 Å². The molecule has 2 heteroatoms. The van der Waals surface area contributed by atoms with E-state index in [1.165, 1.54) is 25.7 Å². The van der Waals surface area contributed by atoms with Gasteiger partial charge in [0.05, 0.1) is 0 Å². The van der Waals surface area contributed by atoms with Crippen molar-refractivity contribution in [3.05, 3.63) is 0 Å². The Balaban J connectivity index is 2.23. The van der Waals surface area contributed by atoms with Crippen molar-refractivity contribution in [2.24, 2.45) is 0 Å². The Bertz CT molecular complexity index is 64.9. The quantitative estimate of drug-likeness (QED) is 0.550. The van der Waals surface area contributed by atoms with Gasteiger partial charge in [-0.25, -0.2) is 0 Å². The molecule has 0 aliphatic heterocycles. The fraction of sp³-hybridized carbons (Fsp3) is 1.00. The Kier molecular flexibility index (Phi) is 2.97. The van der Waals surface area contributed by atoms with E-state index < -0.39 is 0 Å². The molecule has 2 atom stereocenters. The van der Waals surface area contributed by atoms with Gasteiger partial charge in [-0.2, -0.15) is 0 Å². The van der Waals surface area contributed by atoms with Crippen LogP contribution in [0.1, 0.15) is 25.7 Å². The van der Waals surface area contributed by atoms with Crippen molar-refractivity contribution in [3.63, 3.8) is 0 Å². The Hall–Kier alpha value is 1.09. The SMILES string of the molecule is [Ge][CH]1CCC[CH]([Ge])C1. The van der Waals surface area contributed by atoms with Crippen LogP contribution in [0.4, 0.5) is 0 Å². The molecule has 2 unspecified atom stereocenters. The normalized spacial score (nSPS) is 39.8. The average molecular weight is 227 g/mol. The zero-order valence-corrected chi connectivity index (χ0v) is 9.18. The molecule has 0 aromatic carbocycles. The zero-order chi connectivity index (χ0) is 5.98. The summed E-state index contributed by atoms with van der Waals surface area (Å²) in [6, 6.07) is 0. The zero-order valence-electron chi connectivity index (χ0n) is 4.98. The van der Waals surface area contributed by atoms with Crippen molar-refractivity contribution in [2.45, 2.75) is 35.2 Å². The molecule has 0 aromatic heterocycles. The molecule has 0 aromatic rings. The van der Waals surface area contributed by atoms with Gasteiger partial charge in [-0.3, -0.25) is 0 Å². The number of hydrogen-bond acceptors (Lipinski definition) is 0. The Morgan fingerprint density at radius 3 is 1.75 bits per heavy atom. The van der Waals surface area contributed by atoms with E-state index in [1.54, 1.807) is 0 Å². The van der Waals surface area contributed by atoms with E-state index in [0.717, 1.165) is 9.50 Å². The third-order valence-electron chi connectivity index (χ3n) is 1.67. The number of hydrogen-bond donors (Lipinski definition) is 0. The minimum atomic E-state index is 1.01. The molecule has 6 radical (unpaired) electrons. The van der Waals surface area contributed by atoms with E-state index >= 15 is 0 Å². The van der Waals surface area contributed by atoms with Gasteiger partial charge in [0.2, 0.25) is 0 Å². The molecule has 1 aliphatic rings. The molecule has 0 spiro atoms. The summed E-state index contributed by atoms with van der Waals surface area (Å²) in [6.07, 6.45) is 5.90. The van der Waals surface area contributed by atoms with Gasteiger partial charge in [0.1, 0.15) is 0 Å². The maximum atomic E-state index is 2.37. The first-order chi connectivity index (χ1) is 3.79. The third kappa shape index (κ3) is 2.14. The van der Waals surface area contributed by atoms with E-state index in [4.69, 9.17) is 0 Å². The molecule has 42 valence electrons. The van der Waals surface area contributed by atoms with Crippen molar-refractivity contribution in [1.82, 2.24) is 0 Å². The average Bonchev–Trinajstić information content (AvgIpc) is 1.64. The molecule has 1 rings (SSSR count). The van der Waals surface area contributed by atoms with Gasteiger partial charge in [0.25, 0.3) is 0 Å². The third-order valence-corrected chi connectivity index (χ3v) is 3.87. The summed E-state index contributed by atoms with van der Waals surface area (Å²) in [4.78, 5) is 0. The van der Waals surface area contributed by atoms with E-state index in [2.05, 4.69) is 33.0 Å². The van der Waals surface area contributed by atoms with Gasteiger partial charge in [-0.15, -0.1) is 0 Å². The molecule has 1 saturated carbocycles. The Morgan fingerprint density at radius 1 is 1.00 bits per heavy atom. The second-order valence-corrected chi connectivity index (χ2v) is 5.99. The molecule has 0 saturated heterocycles. The summed E-state index contributed by atoms with van der Waals surface area (Å²) in [5.74, 6) is 0. The summed E-state index contributed by atoms with van der Waals surface area (Å²) in [6.45, 7) is 0. The van der Waals surface area contributed by atoms with Crippen LogP contribution in [0, 0.1) is 0 Å². The Labute approximate surface area is 68.2 Å². The van der Waals surface area contributed by atoms with Crippen molar-refractivity contribution in [3.8, 4) is 0 Å². The predicted octanol–water partition coefficient (Wildman–Crippen LogP) is 1.47. The van der Waals surface area contributed by atoms with Crippen LogP contribution in [-0.2, 0) is 0 Å². The number of rotatable bonds is 0. The van der Waals surface area contributed by atoms with Crippen LogP contribution in [0.3, 0.4) is 0 Å². The topological polar surface area (TPSA) is 0 Å². The molecule has 8 heavy (non-hydrogen) atoms. The molecule has 0 amide bonds. The summed E-state index contributed by atoms with van der Waals surface area (Å²) < 4.78 is 2.03. The van der Waals surface area contributed by atoms with Crippen molar-refractivity contribution in [2.75, 3.05) is 0 Å². The summed E-state index contributed by atoms with van der Waals surface area (Å²) in [5, 5.41) is 0. The summed E-state index contributed by atoms with van der Waals surface area (Å²) in [7, 11) is 0. The first-order valence-electron chi connectivity index (χ1n) is 3.21. The van der Waals surface area contributed by atoms with Crippen LogP contribution < -0.4 is 0 Å². The minimum absolute atomic E-state index is 1.01. The second-order valence-electron chi connectivity index (χ2n) is 2.56. The van der Waals surface area contributed by atoms with Gasteiger partial charge in [0.15, 0.2) is 0 Å². The maximum absolute atomic E-state index is 2.37. The standard InChI is InChI=1S/C6H10Ge2/c7-5-2-1-3-6(8)4-5/h5-6H,1-4H2. The van der Waals surface area contributed by atoms with Crippen LogP contribution >= 0.6 is 0 Å². The second kappa shape index (κ2) is 3.30. The molecule has 0 heterocycles. The van der Waals surface area contributed by atoms with E-state index in [0.29, 0.717) is 0 Å². The van der Waals surface area contributed by atoms with E-state index in [9.17, 15) is 0 Å². The molecule has 0 N–H and O–H groups in total. The van der Waals surface area contributed by atoms with Crippen molar-refractivity contribution < 1.29 is 0 Å². The van der Waals surface area contributed by atoms with E-state index in [1.807, 2.05) is 0 Å². The van der Waals surface area contributed by atoms with Gasteiger partial charge >= 0.3 is 68.2 Å². The van der Waals surface area contributed by atoms with Crippen LogP contribution in [0.15, 0.2) is 0 Å². The molecular weight excluding hydrogens is 217 g/mol. The van der Waals surface area contributed by atoms with Crippen molar-refractivity contribution in [1.29, 1.82) is 0 Å². The van der Waals surface area contributed by atoms with Gasteiger partial charge < -0.3 is 0 Å². The summed E-state index contributed by atoms with van der Waals surface area (Å²) in [5.41, 5.74) is 0. The molecular formula is C6H10Ge2. The molecule has 0 bridgehead atoms. The van der Waals surface area contributed by atoms with Crippen LogP contribution in [0.2, 0.25) is 9.50 Å². The van der Waals surface area contributed by atoms with Crippen molar-refractivity contribution >= 4 is 33.0 Å². The van der Waals surface area contributed by atoms with Gasteiger partial charge in [-0.1, -0.05) is 0 Å². The first-order valence-corrected chi connectivity index (χ1v) is 5.63. The monoisotopic (exact) mass is 230 g/mol. The fourth-order valence-corrected chi connectivity index (χ4v) is 4.28. The Morgan fingerprint density at radius 2 is 1.50 bits per heavy atom. The van der Waals surface area contributed by atoms with Crippen LogP contribution in [0.25, 0.3) is 0 Å². The molecule has 0 nitrogen and oxygen atoms in total. The van der Waals surface area contributed by atoms with E-state index in [-0.39, 0.29) is 0 Å². The predicted molar refractivity (Wildman–Crippen MR) is 37.5 cm³/mol.